The number of aliphatic hydroxyl groups excluding tert-OH is 1. The zero-order valence-electron chi connectivity index (χ0n) is 18.9. The van der Waals surface area contributed by atoms with Crippen molar-refractivity contribution in [2.45, 2.75) is 50.2 Å². The summed E-state index contributed by atoms with van der Waals surface area (Å²) in [6, 6.07) is 15.5. The van der Waals surface area contributed by atoms with Crippen molar-refractivity contribution in [1.82, 2.24) is 25.8 Å². The molecule has 0 unspecified atom stereocenters. The number of carbonyl (C=O) groups excluding carboxylic acids is 1. The normalized spacial score (nSPS) is 20.1. The quantitative estimate of drug-likeness (QED) is 0.344. The van der Waals surface area contributed by atoms with Gasteiger partial charge in [-0.15, -0.1) is 0 Å². The second kappa shape index (κ2) is 12.0. The molecule has 1 aromatic heterocycles. The number of aromatic nitrogens is 3. The molecule has 0 radical (unpaired) electrons. The molecule has 34 heavy (non-hydrogen) atoms. The fraction of sp³-hybridized carbons (Fsp3) is 0.375. The number of benzene rings is 2. The van der Waals surface area contributed by atoms with E-state index in [1.807, 2.05) is 55.5 Å². The highest BCUT2D eigenvalue weighted by molar-refractivity contribution is 7.99. The molecule has 2 heterocycles. The minimum absolute atomic E-state index is 0.00922. The Morgan fingerprint density at radius 1 is 1.09 bits per heavy atom. The Morgan fingerprint density at radius 2 is 1.82 bits per heavy atom. The second-order valence-corrected chi connectivity index (χ2v) is 8.92. The molecule has 4 N–H and O–H groups in total. The molecule has 0 bridgehead atoms. The van der Waals surface area contributed by atoms with Crippen molar-refractivity contribution in [3.8, 4) is 0 Å². The van der Waals surface area contributed by atoms with Gasteiger partial charge in [-0.1, -0.05) is 60.3 Å². The Labute approximate surface area is 202 Å². The van der Waals surface area contributed by atoms with Gasteiger partial charge in [0.05, 0.1) is 18.8 Å². The van der Waals surface area contributed by atoms with Gasteiger partial charge in [-0.25, -0.2) is 9.78 Å². The Hall–Kier alpha value is -2.92. The maximum absolute atomic E-state index is 11.6. The third-order valence-electron chi connectivity index (χ3n) is 5.46. The van der Waals surface area contributed by atoms with Crippen molar-refractivity contribution in [3.63, 3.8) is 0 Å². The highest BCUT2D eigenvalue weighted by atomic mass is 32.2. The lowest BCUT2D eigenvalue weighted by molar-refractivity contribution is -0.245. The van der Waals surface area contributed by atoms with E-state index < -0.39 is 6.29 Å². The number of nitrogens with one attached hydrogen (secondary N) is 3. The van der Waals surface area contributed by atoms with E-state index in [4.69, 9.17) is 9.47 Å². The summed E-state index contributed by atoms with van der Waals surface area (Å²) in [4.78, 5) is 15.8. The number of H-pyrrole nitrogens is 1. The number of aliphatic hydroxyl groups is 1. The van der Waals surface area contributed by atoms with Crippen LogP contribution in [0.1, 0.15) is 48.0 Å². The molecule has 0 saturated carbocycles. The lowest BCUT2D eigenvalue weighted by Gasteiger charge is -2.36. The van der Waals surface area contributed by atoms with Crippen LogP contribution in [-0.4, -0.2) is 44.7 Å². The van der Waals surface area contributed by atoms with Crippen LogP contribution in [0.3, 0.4) is 0 Å². The third kappa shape index (κ3) is 6.57. The summed E-state index contributed by atoms with van der Waals surface area (Å²) in [7, 11) is 0. The molecule has 0 aliphatic carbocycles. The van der Waals surface area contributed by atoms with E-state index in [0.717, 1.165) is 27.4 Å². The summed E-state index contributed by atoms with van der Waals surface area (Å²) < 4.78 is 12.7. The third-order valence-corrected chi connectivity index (χ3v) is 6.46. The standard InChI is InChI=1S/C24H29N5O4S/c1-2-25-23(31)26-12-16-3-9-19(10-4-16)22-32-20(14-34-24-27-15-28-29-24)11-21(33-22)18-7-5-17(13-30)6-8-18/h3-10,15,20-22,30H,2,11-14H2,1H3,(H2,25,26,31)(H,27,28,29)/t20-,21+,22+/m1/s1. The zero-order chi connectivity index (χ0) is 23.8. The Balaban J connectivity index is 1.45. The Bertz CT molecular complexity index is 1030. The van der Waals surface area contributed by atoms with E-state index in [1.54, 1.807) is 11.8 Å². The van der Waals surface area contributed by atoms with Gasteiger partial charge in [0.2, 0.25) is 0 Å². The monoisotopic (exact) mass is 483 g/mol. The van der Waals surface area contributed by atoms with Crippen LogP contribution in [0, 0.1) is 0 Å². The van der Waals surface area contributed by atoms with E-state index in [2.05, 4.69) is 25.8 Å². The van der Waals surface area contributed by atoms with Crippen molar-refractivity contribution in [3.05, 3.63) is 77.1 Å². The lowest BCUT2D eigenvalue weighted by atomic mass is 10.0. The summed E-state index contributed by atoms with van der Waals surface area (Å²) in [5.74, 6) is 0.703. The van der Waals surface area contributed by atoms with E-state index >= 15 is 0 Å². The number of amides is 2. The Morgan fingerprint density at radius 3 is 2.50 bits per heavy atom. The number of hydrogen-bond donors (Lipinski definition) is 4. The van der Waals surface area contributed by atoms with Crippen LogP contribution >= 0.6 is 11.8 Å². The fourth-order valence-electron chi connectivity index (χ4n) is 3.66. The predicted octanol–water partition coefficient (Wildman–Crippen LogP) is 3.45. The largest absolute Gasteiger partial charge is 0.392 e. The van der Waals surface area contributed by atoms with Crippen molar-refractivity contribution >= 4 is 17.8 Å². The molecule has 2 amide bonds. The average Bonchev–Trinajstić information content (AvgIpc) is 3.40. The number of carbonyl (C=O) groups is 1. The van der Waals surface area contributed by atoms with Gasteiger partial charge in [-0.05, 0) is 23.6 Å². The first kappa shape index (κ1) is 24.2. The van der Waals surface area contributed by atoms with Crippen LogP contribution in [0.2, 0.25) is 0 Å². The molecule has 2 aromatic carbocycles. The summed E-state index contributed by atoms with van der Waals surface area (Å²) in [5, 5.41) is 22.4. The maximum Gasteiger partial charge on any atom is 0.315 e. The highest BCUT2D eigenvalue weighted by Gasteiger charge is 2.32. The first-order valence-corrected chi connectivity index (χ1v) is 12.2. The molecule has 3 aromatic rings. The zero-order valence-corrected chi connectivity index (χ0v) is 19.8. The maximum atomic E-state index is 11.6. The SMILES string of the molecule is CCNC(=O)NCc1ccc([C@H]2O[C@@H](CSc3ncn[nH]3)C[C@@H](c3ccc(CO)cc3)O2)cc1. The molecule has 1 aliphatic heterocycles. The van der Waals surface area contributed by atoms with Gasteiger partial charge < -0.3 is 25.2 Å². The lowest BCUT2D eigenvalue weighted by Crippen LogP contribution is -2.34. The van der Waals surface area contributed by atoms with Gasteiger partial charge in [0.15, 0.2) is 11.4 Å². The minimum Gasteiger partial charge on any atom is -0.392 e. The Kier molecular flexibility index (Phi) is 8.53. The average molecular weight is 484 g/mol. The molecule has 1 fully saturated rings. The van der Waals surface area contributed by atoms with E-state index in [9.17, 15) is 9.90 Å². The number of rotatable bonds is 9. The van der Waals surface area contributed by atoms with Crippen LogP contribution < -0.4 is 10.6 Å². The molecule has 4 rings (SSSR count). The number of ether oxygens (including phenoxy) is 2. The first-order valence-electron chi connectivity index (χ1n) is 11.2. The van der Waals surface area contributed by atoms with Crippen LogP contribution in [0.4, 0.5) is 4.79 Å². The summed E-state index contributed by atoms with van der Waals surface area (Å²) in [5.41, 5.74) is 3.80. The molecule has 1 aliphatic rings. The summed E-state index contributed by atoms with van der Waals surface area (Å²) >= 11 is 1.56. The van der Waals surface area contributed by atoms with Crippen molar-refractivity contribution in [2.75, 3.05) is 12.3 Å². The topological polar surface area (TPSA) is 121 Å². The molecule has 1 saturated heterocycles. The molecular formula is C24H29N5O4S. The van der Waals surface area contributed by atoms with Gasteiger partial charge in [0, 0.05) is 30.8 Å². The molecular weight excluding hydrogens is 454 g/mol. The molecule has 10 heteroatoms. The van der Waals surface area contributed by atoms with Gasteiger partial charge in [0.25, 0.3) is 0 Å². The van der Waals surface area contributed by atoms with Crippen LogP contribution in [0.25, 0.3) is 0 Å². The van der Waals surface area contributed by atoms with Crippen molar-refractivity contribution in [2.24, 2.45) is 0 Å². The smallest absolute Gasteiger partial charge is 0.315 e. The first-order chi connectivity index (χ1) is 16.6. The molecule has 9 nitrogen and oxygen atoms in total. The van der Waals surface area contributed by atoms with E-state index in [1.165, 1.54) is 6.33 Å². The van der Waals surface area contributed by atoms with Gasteiger partial charge in [-0.2, -0.15) is 5.10 Å². The second-order valence-electron chi connectivity index (χ2n) is 7.91. The number of nitrogens with zero attached hydrogens (tertiary/aromatic N) is 2. The van der Waals surface area contributed by atoms with Crippen LogP contribution in [-0.2, 0) is 22.6 Å². The fourth-order valence-corrected chi connectivity index (χ4v) is 4.45. The van der Waals surface area contributed by atoms with Gasteiger partial charge in [0.1, 0.15) is 6.33 Å². The molecule has 0 spiro atoms. The van der Waals surface area contributed by atoms with Crippen molar-refractivity contribution in [1.29, 1.82) is 0 Å². The van der Waals surface area contributed by atoms with Crippen LogP contribution in [0.5, 0.6) is 0 Å². The highest BCUT2D eigenvalue weighted by Crippen LogP contribution is 2.39. The van der Waals surface area contributed by atoms with Crippen molar-refractivity contribution < 1.29 is 19.4 Å². The predicted molar refractivity (Wildman–Crippen MR) is 128 cm³/mol. The summed E-state index contributed by atoms with van der Waals surface area (Å²) in [6.07, 6.45) is 1.46. The van der Waals surface area contributed by atoms with Gasteiger partial charge >= 0.3 is 6.03 Å². The summed E-state index contributed by atoms with van der Waals surface area (Å²) in [6.45, 7) is 2.91. The van der Waals surface area contributed by atoms with Crippen LogP contribution in [0.15, 0.2) is 60.0 Å². The molecule has 180 valence electrons. The minimum atomic E-state index is -0.526. The number of thioether (sulfide) groups is 1. The number of aromatic amines is 1. The van der Waals surface area contributed by atoms with Gasteiger partial charge in [-0.3, -0.25) is 5.10 Å². The van der Waals surface area contributed by atoms with E-state index in [0.29, 0.717) is 25.3 Å². The number of hydrogen-bond acceptors (Lipinski definition) is 7. The van der Waals surface area contributed by atoms with E-state index in [-0.39, 0.29) is 24.8 Å². The molecule has 3 atom stereocenters. The number of urea groups is 1.